The molecule has 6 heteroatoms. The van der Waals surface area contributed by atoms with Crippen molar-refractivity contribution in [1.82, 2.24) is 10.7 Å². The highest BCUT2D eigenvalue weighted by Gasteiger charge is 2.26. The molecule has 2 aromatic carbocycles. The number of hydrazone groups is 1. The summed E-state index contributed by atoms with van der Waals surface area (Å²) in [6.07, 6.45) is 2.41. The van der Waals surface area contributed by atoms with Gasteiger partial charge < -0.3 is 20.6 Å². The van der Waals surface area contributed by atoms with E-state index in [1.165, 1.54) is 0 Å². The highest BCUT2D eigenvalue weighted by molar-refractivity contribution is 5.80. The number of carboxylic acid groups (broad SMARTS) is 1. The summed E-state index contributed by atoms with van der Waals surface area (Å²) in [5.41, 5.74) is 3.95. The monoisotopic (exact) mass is 353 g/mol. The van der Waals surface area contributed by atoms with Gasteiger partial charge in [-0.3, -0.25) is 4.79 Å². The molecule has 1 aliphatic heterocycles. The van der Waals surface area contributed by atoms with E-state index in [-0.39, 0.29) is 11.8 Å². The second-order valence-electron chi connectivity index (χ2n) is 6.40. The first-order valence-electron chi connectivity index (χ1n) is 8.73. The number of para-hydroxylation sites is 1. The fraction of sp³-hybridized carbons (Fsp3) is 0.300. The Balaban J connectivity index is 1.49. The maximum Gasteiger partial charge on any atom is 0.307 e. The number of nitrogens with zero attached hydrogens (tertiary/aromatic N) is 1. The average molecular weight is 353 g/mol. The first-order valence-corrected chi connectivity index (χ1v) is 8.73. The van der Waals surface area contributed by atoms with Crippen LogP contribution in [0.4, 0.5) is 0 Å². The molecule has 0 amide bonds. The maximum atomic E-state index is 11.1. The van der Waals surface area contributed by atoms with Crippen LogP contribution in [0.5, 0.6) is 11.5 Å². The molecule has 1 heterocycles. The molecule has 2 atom stereocenters. The summed E-state index contributed by atoms with van der Waals surface area (Å²) < 4.78 is 5.81. The lowest BCUT2D eigenvalue weighted by atomic mass is 9.91. The van der Waals surface area contributed by atoms with Crippen molar-refractivity contribution in [3.8, 4) is 11.5 Å². The molecule has 0 spiro atoms. The SMILES string of the molecule is O=C(O)[C@H]1CNC[C@@H](CN/N=C/c2cccc(Oc3ccccc3)c2)C1. The van der Waals surface area contributed by atoms with Gasteiger partial charge >= 0.3 is 5.97 Å². The highest BCUT2D eigenvalue weighted by Crippen LogP contribution is 2.21. The molecule has 2 aromatic rings. The van der Waals surface area contributed by atoms with E-state index in [9.17, 15) is 4.79 Å². The summed E-state index contributed by atoms with van der Waals surface area (Å²) in [7, 11) is 0. The number of rotatable bonds is 7. The van der Waals surface area contributed by atoms with Crippen molar-refractivity contribution >= 4 is 12.2 Å². The van der Waals surface area contributed by atoms with E-state index in [1.807, 2.05) is 54.6 Å². The van der Waals surface area contributed by atoms with Gasteiger partial charge in [0.05, 0.1) is 12.1 Å². The van der Waals surface area contributed by atoms with Gasteiger partial charge in [-0.05, 0) is 48.7 Å². The molecule has 6 nitrogen and oxygen atoms in total. The molecule has 0 aromatic heterocycles. The van der Waals surface area contributed by atoms with Gasteiger partial charge in [0, 0.05) is 13.1 Å². The smallest absolute Gasteiger partial charge is 0.307 e. The number of benzene rings is 2. The molecule has 136 valence electrons. The molecule has 26 heavy (non-hydrogen) atoms. The predicted octanol–water partition coefficient (Wildman–Crippen LogP) is 2.71. The Labute approximate surface area is 152 Å². The third-order valence-corrected chi connectivity index (χ3v) is 4.31. The molecular weight excluding hydrogens is 330 g/mol. The van der Waals surface area contributed by atoms with E-state index in [0.717, 1.165) is 23.6 Å². The Morgan fingerprint density at radius 3 is 2.81 bits per heavy atom. The molecule has 0 aliphatic carbocycles. The van der Waals surface area contributed by atoms with Crippen molar-refractivity contribution in [2.75, 3.05) is 19.6 Å². The molecule has 0 unspecified atom stereocenters. The van der Waals surface area contributed by atoms with E-state index in [1.54, 1.807) is 6.21 Å². The molecule has 0 radical (unpaired) electrons. The topological polar surface area (TPSA) is 83.0 Å². The second-order valence-corrected chi connectivity index (χ2v) is 6.40. The zero-order valence-corrected chi connectivity index (χ0v) is 14.5. The van der Waals surface area contributed by atoms with Gasteiger partial charge in [0.15, 0.2) is 0 Å². The van der Waals surface area contributed by atoms with Crippen LogP contribution in [0.3, 0.4) is 0 Å². The maximum absolute atomic E-state index is 11.1. The molecule has 3 rings (SSSR count). The number of nitrogens with one attached hydrogen (secondary N) is 2. The Hall–Kier alpha value is -2.86. The standard InChI is InChI=1S/C20H23N3O3/c24-20(25)17-9-16(11-21-14-17)13-23-22-12-15-5-4-8-19(10-15)26-18-6-2-1-3-7-18/h1-8,10,12,16-17,21,23H,9,11,13-14H2,(H,24,25)/b22-12+/t16-,17+/m0/s1. The van der Waals surface area contributed by atoms with Crippen molar-refractivity contribution in [3.05, 3.63) is 60.2 Å². The molecule has 1 saturated heterocycles. The first-order chi connectivity index (χ1) is 12.7. The first kappa shape index (κ1) is 17.9. The van der Waals surface area contributed by atoms with Gasteiger partial charge in [0.25, 0.3) is 0 Å². The molecule has 1 aliphatic rings. The molecule has 0 saturated carbocycles. The van der Waals surface area contributed by atoms with Crippen LogP contribution >= 0.6 is 0 Å². The van der Waals surface area contributed by atoms with Crippen LogP contribution < -0.4 is 15.5 Å². The minimum atomic E-state index is -0.735. The fourth-order valence-corrected chi connectivity index (χ4v) is 2.96. The van der Waals surface area contributed by atoms with Gasteiger partial charge in [-0.15, -0.1) is 0 Å². The zero-order valence-electron chi connectivity index (χ0n) is 14.5. The zero-order chi connectivity index (χ0) is 18.2. The average Bonchev–Trinajstić information content (AvgIpc) is 2.67. The van der Waals surface area contributed by atoms with Crippen LogP contribution in [0, 0.1) is 11.8 Å². The Bertz CT molecular complexity index is 749. The number of ether oxygens (including phenoxy) is 1. The molecule has 1 fully saturated rings. The van der Waals surface area contributed by atoms with E-state index < -0.39 is 5.97 Å². The Morgan fingerprint density at radius 1 is 1.19 bits per heavy atom. The van der Waals surface area contributed by atoms with E-state index in [2.05, 4.69) is 15.8 Å². The molecule has 0 bridgehead atoms. The van der Waals surface area contributed by atoms with E-state index in [4.69, 9.17) is 9.84 Å². The third-order valence-electron chi connectivity index (χ3n) is 4.31. The second kappa shape index (κ2) is 9.01. The molecule has 3 N–H and O–H groups in total. The largest absolute Gasteiger partial charge is 0.481 e. The van der Waals surface area contributed by atoms with Crippen LogP contribution in [-0.4, -0.2) is 36.9 Å². The number of hydrogen-bond acceptors (Lipinski definition) is 5. The summed E-state index contributed by atoms with van der Waals surface area (Å²) in [6, 6.07) is 17.3. The van der Waals surface area contributed by atoms with Crippen LogP contribution in [0.25, 0.3) is 0 Å². The summed E-state index contributed by atoms with van der Waals surface area (Å²) >= 11 is 0. The van der Waals surface area contributed by atoms with Gasteiger partial charge in [-0.25, -0.2) is 0 Å². The summed E-state index contributed by atoms with van der Waals surface area (Å²) in [6.45, 7) is 2.00. The number of piperidine rings is 1. The van der Waals surface area contributed by atoms with Gasteiger partial charge in [0.1, 0.15) is 11.5 Å². The van der Waals surface area contributed by atoms with Crippen molar-refractivity contribution in [2.24, 2.45) is 16.9 Å². The van der Waals surface area contributed by atoms with Crippen LogP contribution in [0.2, 0.25) is 0 Å². The Kier molecular flexibility index (Phi) is 6.22. The highest BCUT2D eigenvalue weighted by atomic mass is 16.5. The number of aliphatic carboxylic acids is 1. The number of carbonyl (C=O) groups is 1. The lowest BCUT2D eigenvalue weighted by Gasteiger charge is -2.27. The van der Waals surface area contributed by atoms with Crippen LogP contribution in [0.15, 0.2) is 59.7 Å². The van der Waals surface area contributed by atoms with Crippen LogP contribution in [-0.2, 0) is 4.79 Å². The van der Waals surface area contributed by atoms with Crippen molar-refractivity contribution in [2.45, 2.75) is 6.42 Å². The molecular formula is C20H23N3O3. The normalized spacial score (nSPS) is 20.0. The fourth-order valence-electron chi connectivity index (χ4n) is 2.96. The summed E-state index contributed by atoms with van der Waals surface area (Å²) in [4.78, 5) is 11.1. The predicted molar refractivity (Wildman–Crippen MR) is 101 cm³/mol. The minimum Gasteiger partial charge on any atom is -0.481 e. The lowest BCUT2D eigenvalue weighted by molar-refractivity contribution is -0.142. The lowest BCUT2D eigenvalue weighted by Crippen LogP contribution is -2.42. The van der Waals surface area contributed by atoms with Gasteiger partial charge in [0.2, 0.25) is 0 Å². The van der Waals surface area contributed by atoms with E-state index in [0.29, 0.717) is 19.5 Å². The number of hydrogen-bond donors (Lipinski definition) is 3. The van der Waals surface area contributed by atoms with Crippen LogP contribution in [0.1, 0.15) is 12.0 Å². The van der Waals surface area contributed by atoms with Crippen molar-refractivity contribution < 1.29 is 14.6 Å². The third kappa shape index (κ3) is 5.32. The minimum absolute atomic E-state index is 0.259. The van der Waals surface area contributed by atoms with Crippen molar-refractivity contribution in [1.29, 1.82) is 0 Å². The number of carboxylic acids is 1. The van der Waals surface area contributed by atoms with Gasteiger partial charge in [-0.2, -0.15) is 5.10 Å². The quantitative estimate of drug-likeness (QED) is 0.527. The summed E-state index contributed by atoms with van der Waals surface area (Å²) in [5, 5.41) is 16.5. The van der Waals surface area contributed by atoms with Gasteiger partial charge in [-0.1, -0.05) is 30.3 Å². The Morgan fingerprint density at radius 2 is 2.00 bits per heavy atom. The van der Waals surface area contributed by atoms with E-state index >= 15 is 0 Å². The van der Waals surface area contributed by atoms with Crippen molar-refractivity contribution in [3.63, 3.8) is 0 Å². The summed E-state index contributed by atoms with van der Waals surface area (Å²) in [5.74, 6) is 0.750.